The van der Waals surface area contributed by atoms with Crippen LogP contribution in [0.2, 0.25) is 0 Å². The van der Waals surface area contributed by atoms with Crippen LogP contribution >= 0.6 is 0 Å². The van der Waals surface area contributed by atoms with Crippen molar-refractivity contribution in [3.05, 3.63) is 24.5 Å². The van der Waals surface area contributed by atoms with E-state index < -0.39 is 6.04 Å². The predicted molar refractivity (Wildman–Crippen MR) is 115 cm³/mol. The van der Waals surface area contributed by atoms with Gasteiger partial charge in [0.15, 0.2) is 0 Å². The quantitative estimate of drug-likeness (QED) is 0.700. The van der Waals surface area contributed by atoms with Gasteiger partial charge in [-0.1, -0.05) is 6.92 Å². The molecule has 8 heteroatoms. The molecule has 30 heavy (non-hydrogen) atoms. The highest BCUT2D eigenvalue weighted by atomic mass is 16.2. The highest BCUT2D eigenvalue weighted by Crippen LogP contribution is 2.22. The van der Waals surface area contributed by atoms with Gasteiger partial charge in [0.2, 0.25) is 17.7 Å². The molecule has 0 aromatic carbocycles. The van der Waals surface area contributed by atoms with E-state index in [1.54, 1.807) is 19.3 Å². The van der Waals surface area contributed by atoms with E-state index >= 15 is 0 Å². The van der Waals surface area contributed by atoms with Crippen molar-refractivity contribution in [2.45, 2.75) is 51.5 Å². The molecule has 3 heterocycles. The molecule has 0 spiro atoms. The number of nitrogens with zero attached hydrogens (tertiary/aromatic N) is 3. The van der Waals surface area contributed by atoms with E-state index in [9.17, 15) is 14.4 Å². The van der Waals surface area contributed by atoms with Crippen LogP contribution in [0.5, 0.6) is 0 Å². The van der Waals surface area contributed by atoms with Gasteiger partial charge in [-0.15, -0.1) is 0 Å². The molecule has 1 atom stereocenters. The van der Waals surface area contributed by atoms with Crippen LogP contribution < -0.4 is 15.5 Å². The van der Waals surface area contributed by atoms with Gasteiger partial charge in [0.05, 0.1) is 0 Å². The number of hydrogen-bond acceptors (Lipinski definition) is 5. The number of carbonyl (C=O) groups is 3. The van der Waals surface area contributed by atoms with Gasteiger partial charge in [-0.3, -0.25) is 19.4 Å². The van der Waals surface area contributed by atoms with Gasteiger partial charge in [-0.05, 0) is 44.2 Å². The van der Waals surface area contributed by atoms with E-state index in [4.69, 9.17) is 0 Å². The molecule has 0 radical (unpaired) electrons. The number of rotatable bonds is 7. The summed E-state index contributed by atoms with van der Waals surface area (Å²) in [7, 11) is 0. The van der Waals surface area contributed by atoms with Gasteiger partial charge < -0.3 is 20.4 Å². The molecule has 0 aliphatic carbocycles. The summed E-state index contributed by atoms with van der Waals surface area (Å²) in [5, 5.41) is 5.72. The zero-order valence-corrected chi connectivity index (χ0v) is 17.8. The topological polar surface area (TPSA) is 94.6 Å². The van der Waals surface area contributed by atoms with Crippen molar-refractivity contribution in [2.75, 3.05) is 37.6 Å². The maximum atomic E-state index is 12.9. The highest BCUT2D eigenvalue weighted by Gasteiger charge is 2.29. The summed E-state index contributed by atoms with van der Waals surface area (Å²) in [6.45, 7) is 4.96. The molecule has 2 fully saturated rings. The van der Waals surface area contributed by atoms with Crippen molar-refractivity contribution >= 4 is 23.4 Å². The van der Waals surface area contributed by atoms with Gasteiger partial charge in [-0.25, -0.2) is 0 Å². The molecule has 8 nitrogen and oxygen atoms in total. The fourth-order valence-corrected chi connectivity index (χ4v) is 4.13. The fourth-order valence-electron chi connectivity index (χ4n) is 4.13. The molecule has 2 aliphatic heterocycles. The number of aromatic nitrogens is 1. The van der Waals surface area contributed by atoms with Gasteiger partial charge in [-0.2, -0.15) is 0 Å². The predicted octanol–water partition coefficient (Wildman–Crippen LogP) is 1.32. The monoisotopic (exact) mass is 415 g/mol. The molecule has 0 bridgehead atoms. The zero-order chi connectivity index (χ0) is 21.3. The second kappa shape index (κ2) is 10.9. The lowest BCUT2D eigenvalue weighted by atomic mass is 9.95. The first-order valence-electron chi connectivity index (χ1n) is 11.1. The van der Waals surface area contributed by atoms with Crippen LogP contribution in [-0.2, 0) is 14.4 Å². The van der Waals surface area contributed by atoms with E-state index in [0.717, 1.165) is 64.0 Å². The number of hydrogen-bond donors (Lipinski definition) is 2. The molecule has 2 N–H and O–H groups in total. The molecule has 2 aliphatic rings. The van der Waals surface area contributed by atoms with Crippen molar-refractivity contribution < 1.29 is 14.4 Å². The minimum Gasteiger partial charge on any atom is -0.371 e. The zero-order valence-electron chi connectivity index (χ0n) is 17.8. The Labute approximate surface area is 178 Å². The van der Waals surface area contributed by atoms with Gasteiger partial charge in [0.25, 0.3) is 0 Å². The number of anilines is 1. The fraction of sp³-hybridized carbons (Fsp3) is 0.636. The normalized spacial score (nSPS) is 18.6. The van der Waals surface area contributed by atoms with Crippen molar-refractivity contribution in [2.24, 2.45) is 5.92 Å². The van der Waals surface area contributed by atoms with Crippen LogP contribution in [0.1, 0.15) is 45.4 Å². The van der Waals surface area contributed by atoms with E-state index in [0.29, 0.717) is 6.42 Å². The lowest BCUT2D eigenvalue weighted by Crippen LogP contribution is -2.55. The van der Waals surface area contributed by atoms with E-state index in [1.165, 1.54) is 0 Å². The minimum atomic E-state index is -0.698. The first-order chi connectivity index (χ1) is 14.6. The maximum Gasteiger partial charge on any atom is 0.246 e. The Hall–Kier alpha value is -2.64. The standard InChI is InChI=1S/C22H33N5O3/c1-2-20(28)25-19(22(30)27-12-4-3-5-13-27)16-24-21(29)17-8-14-26(15-9-17)18-6-10-23-11-7-18/h6-7,10-11,17,19H,2-5,8-9,12-16H2,1H3,(H,24,29)(H,25,28). The number of pyridine rings is 1. The van der Waals surface area contributed by atoms with Crippen LogP contribution in [0, 0.1) is 5.92 Å². The maximum absolute atomic E-state index is 12.9. The van der Waals surface area contributed by atoms with E-state index in [1.807, 2.05) is 17.0 Å². The average molecular weight is 416 g/mol. The summed E-state index contributed by atoms with van der Waals surface area (Å²) in [4.78, 5) is 45.6. The van der Waals surface area contributed by atoms with Crippen molar-refractivity contribution in [3.8, 4) is 0 Å². The third-order valence-corrected chi connectivity index (χ3v) is 6.00. The number of amides is 3. The number of carbonyl (C=O) groups excluding carboxylic acids is 3. The summed E-state index contributed by atoms with van der Waals surface area (Å²) in [6, 6.07) is 3.26. The second-order valence-corrected chi connectivity index (χ2v) is 8.07. The van der Waals surface area contributed by atoms with Gasteiger partial charge in [0.1, 0.15) is 6.04 Å². The van der Waals surface area contributed by atoms with Crippen LogP contribution in [0.25, 0.3) is 0 Å². The van der Waals surface area contributed by atoms with Gasteiger partial charge >= 0.3 is 0 Å². The molecule has 1 aromatic heterocycles. The molecule has 2 saturated heterocycles. The van der Waals surface area contributed by atoms with Gasteiger partial charge in [0, 0.05) is 63.1 Å². The number of nitrogens with one attached hydrogen (secondary N) is 2. The third-order valence-electron chi connectivity index (χ3n) is 6.00. The van der Waals surface area contributed by atoms with Crippen LogP contribution in [0.3, 0.4) is 0 Å². The summed E-state index contributed by atoms with van der Waals surface area (Å²) in [5.74, 6) is -0.378. The lowest BCUT2D eigenvalue weighted by molar-refractivity contribution is -0.137. The molecular weight excluding hydrogens is 382 g/mol. The molecule has 0 saturated carbocycles. The lowest BCUT2D eigenvalue weighted by Gasteiger charge is -2.33. The molecule has 1 aromatic rings. The molecule has 3 rings (SSSR count). The molecule has 1 unspecified atom stereocenters. The summed E-state index contributed by atoms with van der Waals surface area (Å²) in [6.07, 6.45) is 8.50. The van der Waals surface area contributed by atoms with E-state index in [-0.39, 0.29) is 30.2 Å². The Kier molecular flexibility index (Phi) is 8.04. The Morgan fingerprint density at radius 2 is 1.73 bits per heavy atom. The highest BCUT2D eigenvalue weighted by molar-refractivity contribution is 5.88. The van der Waals surface area contributed by atoms with Crippen molar-refractivity contribution in [1.82, 2.24) is 20.5 Å². The largest absolute Gasteiger partial charge is 0.371 e. The van der Waals surface area contributed by atoms with E-state index in [2.05, 4.69) is 20.5 Å². The summed E-state index contributed by atoms with van der Waals surface area (Å²) < 4.78 is 0. The summed E-state index contributed by atoms with van der Waals surface area (Å²) in [5.41, 5.74) is 1.12. The van der Waals surface area contributed by atoms with Crippen LogP contribution in [0.4, 0.5) is 5.69 Å². The molecule has 3 amide bonds. The first kappa shape index (κ1) is 22.1. The SMILES string of the molecule is CCC(=O)NC(CNC(=O)C1CCN(c2ccncc2)CC1)C(=O)N1CCCCC1. The minimum absolute atomic E-state index is 0.0356. The Morgan fingerprint density at radius 1 is 1.07 bits per heavy atom. The second-order valence-electron chi connectivity index (χ2n) is 8.07. The Balaban J connectivity index is 1.51. The number of likely N-dealkylation sites (tertiary alicyclic amines) is 1. The summed E-state index contributed by atoms with van der Waals surface area (Å²) >= 11 is 0. The Bertz CT molecular complexity index is 713. The molecular formula is C22H33N5O3. The van der Waals surface area contributed by atoms with Crippen LogP contribution in [-0.4, -0.2) is 66.4 Å². The first-order valence-corrected chi connectivity index (χ1v) is 11.1. The number of piperidine rings is 2. The van der Waals surface area contributed by atoms with Crippen molar-refractivity contribution in [1.29, 1.82) is 0 Å². The third kappa shape index (κ3) is 5.93. The van der Waals surface area contributed by atoms with Crippen molar-refractivity contribution in [3.63, 3.8) is 0 Å². The Morgan fingerprint density at radius 3 is 2.37 bits per heavy atom. The van der Waals surface area contributed by atoms with Crippen LogP contribution in [0.15, 0.2) is 24.5 Å². The molecule has 164 valence electrons. The average Bonchev–Trinajstić information content (AvgIpc) is 2.82. The smallest absolute Gasteiger partial charge is 0.246 e.